The van der Waals surface area contributed by atoms with E-state index in [1.807, 2.05) is 31.2 Å². The van der Waals surface area contributed by atoms with Gasteiger partial charge in [-0.2, -0.15) is 0 Å². The molecule has 39 heavy (non-hydrogen) atoms. The van der Waals surface area contributed by atoms with Crippen molar-refractivity contribution >= 4 is 64.1 Å². The summed E-state index contributed by atoms with van der Waals surface area (Å²) in [6, 6.07) is 21.2. The lowest BCUT2D eigenvalue weighted by atomic mass is 9.91. The van der Waals surface area contributed by atoms with Crippen LogP contribution in [-0.2, 0) is 20.9 Å². The molecule has 4 atom stereocenters. The number of hydrogen-bond acceptors (Lipinski definition) is 6. The number of carbonyl (C=O) groups is 2. The number of carboxylic acid groups (broad SMARTS) is 1. The predicted molar refractivity (Wildman–Crippen MR) is 152 cm³/mol. The fourth-order valence-corrected chi connectivity index (χ4v) is 5.53. The number of nitrogens with one attached hydrogen (secondary N) is 1. The van der Waals surface area contributed by atoms with Crippen LogP contribution in [0.1, 0.15) is 46.4 Å². The molecule has 0 saturated carbocycles. The first kappa shape index (κ1) is 29.7. The second-order valence-corrected chi connectivity index (χ2v) is 12.4. The molecule has 0 radical (unpaired) electrons. The number of rotatable bonds is 8. The van der Waals surface area contributed by atoms with Crippen LogP contribution >= 0.6 is 46.6 Å². The number of carboxylic acids is 1. The highest BCUT2D eigenvalue weighted by molar-refractivity contribution is 7.99. The largest absolute Gasteiger partial charge is 0.478 e. The van der Waals surface area contributed by atoms with E-state index in [0.717, 1.165) is 11.1 Å². The van der Waals surface area contributed by atoms with Gasteiger partial charge in [0, 0.05) is 27.8 Å². The fourth-order valence-electron chi connectivity index (χ4n) is 4.18. The van der Waals surface area contributed by atoms with E-state index in [4.69, 9.17) is 44.3 Å². The predicted octanol–water partition coefficient (Wildman–Crippen LogP) is 6.77. The first-order valence-corrected chi connectivity index (χ1v) is 14.1. The van der Waals surface area contributed by atoms with Crippen molar-refractivity contribution in [3.63, 3.8) is 0 Å². The van der Waals surface area contributed by atoms with E-state index >= 15 is 0 Å². The fraction of sp³-hybridized carbons (Fsp3) is 0.286. The van der Waals surface area contributed by atoms with Crippen LogP contribution in [0.4, 0.5) is 5.69 Å². The molecule has 0 unspecified atom stereocenters. The first-order chi connectivity index (χ1) is 18.6. The molecule has 0 aromatic heterocycles. The van der Waals surface area contributed by atoms with Crippen molar-refractivity contribution in [3.8, 4) is 0 Å². The number of aromatic carboxylic acids is 1. The van der Waals surface area contributed by atoms with Crippen LogP contribution in [0.15, 0.2) is 77.7 Å². The third-order valence-corrected chi connectivity index (χ3v) is 8.02. The molecular formula is C28H26Cl3NO6S. The Morgan fingerprint density at radius 1 is 0.949 bits per heavy atom. The highest BCUT2D eigenvalue weighted by Gasteiger charge is 2.38. The van der Waals surface area contributed by atoms with E-state index in [9.17, 15) is 19.8 Å². The molecule has 0 spiro atoms. The zero-order chi connectivity index (χ0) is 28.2. The van der Waals surface area contributed by atoms with Crippen molar-refractivity contribution < 1.29 is 29.3 Å². The zero-order valence-electron chi connectivity index (χ0n) is 20.7. The smallest absolute Gasteiger partial charge is 0.336 e. The highest BCUT2D eigenvalue weighted by Crippen LogP contribution is 2.43. The van der Waals surface area contributed by atoms with Crippen LogP contribution < -0.4 is 5.32 Å². The van der Waals surface area contributed by atoms with Gasteiger partial charge < -0.3 is 25.0 Å². The average Bonchev–Trinajstić information content (AvgIpc) is 2.92. The van der Waals surface area contributed by atoms with Crippen LogP contribution in [0.5, 0.6) is 0 Å². The molecule has 1 heterocycles. The van der Waals surface area contributed by atoms with Gasteiger partial charge in [-0.1, -0.05) is 90.3 Å². The Morgan fingerprint density at radius 3 is 2.21 bits per heavy atom. The monoisotopic (exact) mass is 609 g/mol. The molecule has 3 aromatic carbocycles. The molecule has 11 heteroatoms. The minimum atomic E-state index is -2.09. The lowest BCUT2D eigenvalue weighted by Gasteiger charge is -2.41. The Bertz CT molecular complexity index is 1300. The van der Waals surface area contributed by atoms with Crippen molar-refractivity contribution in [2.45, 2.75) is 40.7 Å². The van der Waals surface area contributed by atoms with Crippen molar-refractivity contribution in [1.29, 1.82) is 0 Å². The molecule has 0 aliphatic carbocycles. The van der Waals surface area contributed by atoms with Crippen molar-refractivity contribution in [1.82, 2.24) is 0 Å². The number of aliphatic hydroxyl groups is 1. The topological polar surface area (TPSA) is 105 Å². The van der Waals surface area contributed by atoms with Crippen LogP contribution in [0.25, 0.3) is 0 Å². The maximum Gasteiger partial charge on any atom is 0.336 e. The van der Waals surface area contributed by atoms with Crippen molar-refractivity contribution in [2.24, 2.45) is 5.92 Å². The van der Waals surface area contributed by atoms with Gasteiger partial charge in [-0.3, -0.25) is 4.79 Å². The molecule has 1 fully saturated rings. The maximum absolute atomic E-state index is 12.0. The molecule has 1 aliphatic rings. The molecule has 1 saturated heterocycles. The number of aliphatic hydroxyl groups excluding tert-OH is 1. The second kappa shape index (κ2) is 12.9. The third-order valence-electron chi connectivity index (χ3n) is 6.34. The summed E-state index contributed by atoms with van der Waals surface area (Å²) < 4.78 is 10.7. The highest BCUT2D eigenvalue weighted by atomic mass is 35.6. The standard InChI is InChI=1S/C28H26Cl3NO6S/c1-16-22(15-39-23-5-3-2-4-21(23)25(34)35)37-26(38-24(16)18-8-6-17(14-33)7-9-18)19-10-12-20(13-11-19)32-27(36)28(29,30)31/h2-13,16,22,24,26,33H,14-15H2,1H3,(H,32,36)(H,34,35)/t16-,22+,24+,26+/m0/s1. The van der Waals surface area contributed by atoms with Gasteiger partial charge in [0.15, 0.2) is 6.29 Å². The molecule has 1 aliphatic heterocycles. The average molecular weight is 611 g/mol. The quantitative estimate of drug-likeness (QED) is 0.191. The Morgan fingerprint density at radius 2 is 1.59 bits per heavy atom. The second-order valence-electron chi connectivity index (χ2n) is 9.01. The van der Waals surface area contributed by atoms with Gasteiger partial charge in [-0.15, -0.1) is 11.8 Å². The molecule has 3 aromatic rings. The lowest BCUT2D eigenvalue weighted by Crippen LogP contribution is -2.38. The molecular weight excluding hydrogens is 585 g/mol. The van der Waals surface area contributed by atoms with E-state index in [1.165, 1.54) is 11.8 Å². The van der Waals surface area contributed by atoms with Crippen molar-refractivity contribution in [3.05, 3.63) is 95.1 Å². The summed E-state index contributed by atoms with van der Waals surface area (Å²) in [4.78, 5) is 24.3. The number of hydrogen-bond donors (Lipinski definition) is 3. The summed E-state index contributed by atoms with van der Waals surface area (Å²) in [7, 11) is 0. The number of benzene rings is 3. The first-order valence-electron chi connectivity index (χ1n) is 12.0. The Labute approximate surface area is 245 Å². The van der Waals surface area contributed by atoms with Gasteiger partial charge in [0.1, 0.15) is 0 Å². The van der Waals surface area contributed by atoms with E-state index in [2.05, 4.69) is 5.32 Å². The van der Waals surface area contributed by atoms with Crippen molar-refractivity contribution in [2.75, 3.05) is 11.1 Å². The van der Waals surface area contributed by atoms with E-state index in [0.29, 0.717) is 21.9 Å². The minimum Gasteiger partial charge on any atom is -0.478 e. The lowest BCUT2D eigenvalue weighted by molar-refractivity contribution is -0.268. The number of ether oxygens (including phenoxy) is 2. The molecule has 7 nitrogen and oxygen atoms in total. The summed E-state index contributed by atoms with van der Waals surface area (Å²) in [5.41, 5.74) is 3.11. The third kappa shape index (κ3) is 7.46. The Balaban J connectivity index is 1.58. The van der Waals surface area contributed by atoms with Gasteiger partial charge >= 0.3 is 5.97 Å². The number of halogens is 3. The number of alkyl halides is 3. The maximum atomic E-state index is 12.0. The van der Waals surface area contributed by atoms with Gasteiger partial charge in [0.2, 0.25) is 0 Å². The van der Waals surface area contributed by atoms with Gasteiger partial charge in [0.05, 0.1) is 24.4 Å². The van der Waals surface area contributed by atoms with E-state index < -0.39 is 22.0 Å². The van der Waals surface area contributed by atoms with Crippen LogP contribution in [0, 0.1) is 5.92 Å². The van der Waals surface area contributed by atoms with Gasteiger partial charge in [-0.25, -0.2) is 4.79 Å². The number of amides is 1. The van der Waals surface area contributed by atoms with Gasteiger partial charge in [-0.05, 0) is 35.4 Å². The normalized spacial score (nSPS) is 21.4. The molecule has 0 bridgehead atoms. The minimum absolute atomic E-state index is 0.0590. The van der Waals surface area contributed by atoms with Crippen LogP contribution in [0.2, 0.25) is 0 Å². The molecule has 3 N–H and O–H groups in total. The molecule has 1 amide bonds. The number of thioether (sulfide) groups is 1. The molecule has 206 valence electrons. The number of anilines is 1. The van der Waals surface area contributed by atoms with Gasteiger partial charge in [0.25, 0.3) is 9.70 Å². The summed E-state index contributed by atoms with van der Waals surface area (Å²) in [6.45, 7) is 1.97. The Kier molecular flexibility index (Phi) is 9.82. The Hall–Kier alpha value is -2.30. The number of carbonyl (C=O) groups excluding carboxylic acids is 1. The van der Waals surface area contributed by atoms with Crippen LogP contribution in [-0.4, -0.2) is 37.7 Å². The van der Waals surface area contributed by atoms with E-state index in [1.54, 1.807) is 48.5 Å². The summed E-state index contributed by atoms with van der Waals surface area (Å²) in [5, 5.41) is 21.5. The summed E-state index contributed by atoms with van der Waals surface area (Å²) in [5.74, 6) is -1.34. The SMILES string of the molecule is C[C@H]1[C@@H](CSc2ccccc2C(=O)O)O[C@@H](c2ccc(NC(=O)C(Cl)(Cl)Cl)cc2)O[C@H]1c1ccc(CO)cc1. The molecule has 4 rings (SSSR count). The van der Waals surface area contributed by atoms with E-state index in [-0.39, 0.29) is 30.3 Å². The summed E-state index contributed by atoms with van der Waals surface area (Å²) in [6.07, 6.45) is -1.36. The van der Waals surface area contributed by atoms with Crippen LogP contribution in [0.3, 0.4) is 0 Å². The zero-order valence-corrected chi connectivity index (χ0v) is 23.8. The summed E-state index contributed by atoms with van der Waals surface area (Å²) >= 11 is 18.3.